The van der Waals surface area contributed by atoms with E-state index in [1.165, 1.54) is 6.07 Å². The molecule has 0 bridgehead atoms. The number of nitrogens with zero attached hydrogens (tertiary/aromatic N) is 2. The van der Waals surface area contributed by atoms with Gasteiger partial charge in [0.15, 0.2) is 0 Å². The highest BCUT2D eigenvalue weighted by Gasteiger charge is 2.34. The molecule has 2 nitrogen and oxygen atoms in total. The van der Waals surface area contributed by atoms with Crippen LogP contribution in [0.1, 0.15) is 26.0 Å². The Balaban J connectivity index is 2.28. The Hall–Kier alpha value is -1.26. The van der Waals surface area contributed by atoms with E-state index < -0.39 is 11.9 Å². The molecule has 1 saturated heterocycles. The van der Waals surface area contributed by atoms with Gasteiger partial charge in [0.25, 0.3) is 0 Å². The van der Waals surface area contributed by atoms with Gasteiger partial charge in [-0.3, -0.25) is 0 Å². The molecule has 0 spiro atoms. The van der Waals surface area contributed by atoms with Crippen molar-refractivity contribution in [3.8, 4) is 0 Å². The van der Waals surface area contributed by atoms with E-state index in [4.69, 9.17) is 0 Å². The van der Waals surface area contributed by atoms with Gasteiger partial charge in [-0.2, -0.15) is 13.2 Å². The van der Waals surface area contributed by atoms with Crippen LogP contribution in [0.25, 0.3) is 0 Å². The quantitative estimate of drug-likeness (QED) is 0.753. The van der Waals surface area contributed by atoms with Crippen LogP contribution in [0.5, 0.6) is 0 Å². The number of hydrogen-bond donors (Lipinski definition) is 0. The molecule has 17 heavy (non-hydrogen) atoms. The highest BCUT2D eigenvalue weighted by Crippen LogP contribution is 2.32. The fourth-order valence-electron chi connectivity index (χ4n) is 2.16. The summed E-state index contributed by atoms with van der Waals surface area (Å²) in [5, 5.41) is 0. The van der Waals surface area contributed by atoms with Gasteiger partial charge in [0, 0.05) is 12.6 Å². The van der Waals surface area contributed by atoms with Crippen molar-refractivity contribution in [2.45, 2.75) is 32.5 Å². The fourth-order valence-corrected chi connectivity index (χ4v) is 2.16. The molecule has 0 radical (unpaired) electrons. The van der Waals surface area contributed by atoms with Gasteiger partial charge in [-0.15, -0.1) is 0 Å². The number of anilines is 1. The first-order valence-electron chi connectivity index (χ1n) is 5.70. The zero-order valence-electron chi connectivity index (χ0n) is 9.83. The fraction of sp³-hybridized carbons (Fsp3) is 0.583. The lowest BCUT2D eigenvalue weighted by Crippen LogP contribution is -2.30. The summed E-state index contributed by atoms with van der Waals surface area (Å²) in [4.78, 5) is 5.66. The minimum absolute atomic E-state index is 0.242. The van der Waals surface area contributed by atoms with Gasteiger partial charge in [0.05, 0.1) is 0 Å². The molecule has 0 aliphatic carbocycles. The molecule has 1 aliphatic heterocycles. The van der Waals surface area contributed by atoms with E-state index in [1.807, 2.05) is 11.8 Å². The third kappa shape index (κ3) is 2.37. The van der Waals surface area contributed by atoms with E-state index in [2.05, 4.69) is 11.9 Å². The Morgan fingerprint density at radius 1 is 1.29 bits per heavy atom. The molecule has 0 N–H and O–H groups in total. The molecule has 0 saturated carbocycles. The zero-order valence-corrected chi connectivity index (χ0v) is 9.83. The molecular formula is C12H15F3N2. The normalized spacial score (nSPS) is 25.4. The minimum atomic E-state index is -4.37. The van der Waals surface area contributed by atoms with Crippen molar-refractivity contribution in [1.82, 2.24) is 4.98 Å². The molecule has 1 aromatic heterocycles. The van der Waals surface area contributed by atoms with Crippen LogP contribution in [-0.4, -0.2) is 17.6 Å². The van der Waals surface area contributed by atoms with Crippen molar-refractivity contribution in [3.05, 3.63) is 23.9 Å². The number of pyridine rings is 1. The van der Waals surface area contributed by atoms with E-state index in [1.54, 1.807) is 6.07 Å². The Morgan fingerprint density at radius 2 is 2.00 bits per heavy atom. The summed E-state index contributed by atoms with van der Waals surface area (Å²) in [5.41, 5.74) is -0.818. The Labute approximate surface area is 98.5 Å². The summed E-state index contributed by atoms with van der Waals surface area (Å²) in [7, 11) is 0. The molecule has 2 heterocycles. The molecule has 2 atom stereocenters. The van der Waals surface area contributed by atoms with Gasteiger partial charge in [-0.1, -0.05) is 13.0 Å². The van der Waals surface area contributed by atoms with Crippen molar-refractivity contribution in [3.63, 3.8) is 0 Å². The van der Waals surface area contributed by atoms with Crippen LogP contribution in [0.4, 0.5) is 19.0 Å². The molecular weight excluding hydrogens is 229 g/mol. The van der Waals surface area contributed by atoms with Crippen LogP contribution in [0, 0.1) is 5.92 Å². The lowest BCUT2D eigenvalue weighted by molar-refractivity contribution is -0.141. The highest BCUT2D eigenvalue weighted by molar-refractivity contribution is 5.42. The van der Waals surface area contributed by atoms with Crippen LogP contribution in [0.2, 0.25) is 0 Å². The van der Waals surface area contributed by atoms with Gasteiger partial charge in [0.1, 0.15) is 11.5 Å². The van der Waals surface area contributed by atoms with Gasteiger partial charge in [-0.25, -0.2) is 4.98 Å². The lowest BCUT2D eigenvalue weighted by Gasteiger charge is -2.25. The summed E-state index contributed by atoms with van der Waals surface area (Å²) >= 11 is 0. The van der Waals surface area contributed by atoms with E-state index >= 15 is 0 Å². The maximum Gasteiger partial charge on any atom is 0.433 e. The van der Waals surface area contributed by atoms with Crippen LogP contribution < -0.4 is 4.90 Å². The van der Waals surface area contributed by atoms with E-state index in [-0.39, 0.29) is 6.04 Å². The molecule has 0 amide bonds. The highest BCUT2D eigenvalue weighted by atomic mass is 19.4. The van der Waals surface area contributed by atoms with Crippen molar-refractivity contribution in [1.29, 1.82) is 0 Å². The average Bonchev–Trinajstić information content (AvgIpc) is 2.59. The number of halogens is 3. The van der Waals surface area contributed by atoms with Crippen molar-refractivity contribution < 1.29 is 13.2 Å². The second kappa shape index (κ2) is 4.20. The zero-order chi connectivity index (χ0) is 12.6. The molecule has 5 heteroatoms. The van der Waals surface area contributed by atoms with E-state index in [0.717, 1.165) is 19.0 Å². The summed E-state index contributed by atoms with van der Waals surface area (Å²) in [6, 6.07) is 4.31. The monoisotopic (exact) mass is 244 g/mol. The Morgan fingerprint density at radius 3 is 2.53 bits per heavy atom. The molecule has 1 aliphatic rings. The number of alkyl halides is 3. The van der Waals surface area contributed by atoms with Gasteiger partial charge in [-0.05, 0) is 31.4 Å². The molecule has 2 rings (SSSR count). The molecule has 0 aromatic carbocycles. The average molecular weight is 244 g/mol. The standard InChI is InChI=1S/C12H15F3N2/c1-8-6-7-17(9(8)2)11-5-3-4-10(16-11)12(13,14)15/h3-5,8-9H,6-7H2,1-2H3. The topological polar surface area (TPSA) is 16.1 Å². The van der Waals surface area contributed by atoms with Crippen LogP contribution in [0.15, 0.2) is 18.2 Å². The summed E-state index contributed by atoms with van der Waals surface area (Å²) in [5.74, 6) is 0.919. The molecule has 2 unspecified atom stereocenters. The maximum absolute atomic E-state index is 12.5. The second-order valence-corrected chi connectivity index (χ2v) is 4.58. The Kier molecular flexibility index (Phi) is 3.02. The first-order valence-corrected chi connectivity index (χ1v) is 5.70. The van der Waals surface area contributed by atoms with Crippen molar-refractivity contribution in [2.75, 3.05) is 11.4 Å². The minimum Gasteiger partial charge on any atom is -0.354 e. The number of hydrogen-bond acceptors (Lipinski definition) is 2. The summed E-state index contributed by atoms with van der Waals surface area (Å²) < 4.78 is 37.6. The lowest BCUT2D eigenvalue weighted by atomic mass is 10.1. The summed E-state index contributed by atoms with van der Waals surface area (Å²) in [6.45, 7) is 4.91. The van der Waals surface area contributed by atoms with Gasteiger partial charge >= 0.3 is 6.18 Å². The third-order valence-corrected chi connectivity index (χ3v) is 3.46. The van der Waals surface area contributed by atoms with Crippen LogP contribution >= 0.6 is 0 Å². The molecule has 1 fully saturated rings. The second-order valence-electron chi connectivity index (χ2n) is 4.58. The molecule has 94 valence electrons. The SMILES string of the molecule is CC1CCN(c2cccc(C(F)(F)F)n2)C1C. The van der Waals surface area contributed by atoms with Crippen molar-refractivity contribution in [2.24, 2.45) is 5.92 Å². The Bertz CT molecular complexity index is 403. The predicted octanol–water partition coefficient (Wildman–Crippen LogP) is 3.34. The predicted molar refractivity (Wildman–Crippen MR) is 59.8 cm³/mol. The van der Waals surface area contributed by atoms with Gasteiger partial charge < -0.3 is 4.90 Å². The maximum atomic E-state index is 12.5. The van der Waals surface area contributed by atoms with E-state index in [0.29, 0.717) is 11.7 Å². The first-order chi connectivity index (χ1) is 7.89. The number of rotatable bonds is 1. The van der Waals surface area contributed by atoms with Crippen LogP contribution in [-0.2, 0) is 6.18 Å². The van der Waals surface area contributed by atoms with Crippen molar-refractivity contribution >= 4 is 5.82 Å². The van der Waals surface area contributed by atoms with E-state index in [9.17, 15) is 13.2 Å². The first kappa shape index (κ1) is 12.2. The van der Waals surface area contributed by atoms with Crippen LogP contribution in [0.3, 0.4) is 0 Å². The summed E-state index contributed by atoms with van der Waals surface area (Å²) in [6.07, 6.45) is -3.37. The number of aromatic nitrogens is 1. The van der Waals surface area contributed by atoms with Gasteiger partial charge in [0.2, 0.25) is 0 Å². The largest absolute Gasteiger partial charge is 0.433 e. The smallest absolute Gasteiger partial charge is 0.354 e. The third-order valence-electron chi connectivity index (χ3n) is 3.46. The molecule has 1 aromatic rings.